The smallest absolute Gasteiger partial charge is 0.257 e. The van der Waals surface area contributed by atoms with Crippen molar-refractivity contribution in [1.29, 1.82) is 0 Å². The number of benzene rings is 1. The Kier molecular flexibility index (Phi) is 4.41. The number of nitrogens with one attached hydrogen (secondary N) is 1. The standard InChI is InChI=1S/C20H21ClN4O/c1-14-17(18-22-10-5-11-25(18)24-14)19(26)23-13-20(8-2-3-9-20)15-6-4-7-16(21)12-15/h4-7,10-12H,2-3,8-9,13H2,1H3,(H,23,26). The molecule has 0 saturated heterocycles. The molecule has 4 rings (SSSR count). The first-order chi connectivity index (χ1) is 12.6. The van der Waals surface area contributed by atoms with Crippen molar-refractivity contribution in [2.45, 2.75) is 38.0 Å². The number of fused-ring (bicyclic) bond motifs is 1. The van der Waals surface area contributed by atoms with E-state index in [1.807, 2.05) is 25.1 Å². The molecule has 0 unspecified atom stereocenters. The van der Waals surface area contributed by atoms with Crippen molar-refractivity contribution in [3.63, 3.8) is 0 Å². The average Bonchev–Trinajstić information content (AvgIpc) is 3.24. The van der Waals surface area contributed by atoms with Gasteiger partial charge in [0.1, 0.15) is 5.56 Å². The van der Waals surface area contributed by atoms with E-state index in [1.54, 1.807) is 23.0 Å². The molecule has 0 radical (unpaired) electrons. The monoisotopic (exact) mass is 368 g/mol. The summed E-state index contributed by atoms with van der Waals surface area (Å²) in [7, 11) is 0. The molecule has 0 atom stereocenters. The fraction of sp³-hybridized carbons (Fsp3) is 0.350. The summed E-state index contributed by atoms with van der Waals surface area (Å²) in [4.78, 5) is 17.2. The van der Waals surface area contributed by atoms with Crippen molar-refractivity contribution in [3.8, 4) is 0 Å². The van der Waals surface area contributed by atoms with Gasteiger partial charge in [0.2, 0.25) is 0 Å². The highest BCUT2D eigenvalue weighted by atomic mass is 35.5. The quantitative estimate of drug-likeness (QED) is 0.759. The number of hydrogen-bond donors (Lipinski definition) is 1. The Morgan fingerprint density at radius 2 is 2.12 bits per heavy atom. The number of aromatic nitrogens is 3. The highest BCUT2D eigenvalue weighted by Gasteiger charge is 2.36. The molecule has 0 spiro atoms. The van der Waals surface area contributed by atoms with Crippen LogP contribution in [0.4, 0.5) is 0 Å². The van der Waals surface area contributed by atoms with Gasteiger partial charge in [-0.25, -0.2) is 9.50 Å². The SMILES string of the molecule is Cc1nn2cccnc2c1C(=O)NCC1(c2cccc(Cl)c2)CCCC1. The summed E-state index contributed by atoms with van der Waals surface area (Å²) in [5.41, 5.74) is 2.97. The van der Waals surface area contributed by atoms with Gasteiger partial charge in [-0.1, -0.05) is 36.6 Å². The second kappa shape index (κ2) is 6.72. The van der Waals surface area contributed by atoms with Crippen LogP contribution >= 0.6 is 11.6 Å². The molecule has 2 heterocycles. The van der Waals surface area contributed by atoms with Crippen LogP contribution in [0.3, 0.4) is 0 Å². The maximum absolute atomic E-state index is 12.9. The molecule has 0 aliphatic heterocycles. The van der Waals surface area contributed by atoms with Crippen LogP contribution in [0.2, 0.25) is 5.02 Å². The number of carbonyl (C=O) groups is 1. The van der Waals surface area contributed by atoms with Gasteiger partial charge in [-0.15, -0.1) is 0 Å². The van der Waals surface area contributed by atoms with E-state index in [2.05, 4.69) is 21.5 Å². The zero-order valence-corrected chi connectivity index (χ0v) is 15.5. The van der Waals surface area contributed by atoms with Gasteiger partial charge in [0.25, 0.3) is 5.91 Å². The van der Waals surface area contributed by atoms with Crippen LogP contribution in [0.25, 0.3) is 5.65 Å². The predicted molar refractivity (Wildman–Crippen MR) is 102 cm³/mol. The lowest BCUT2D eigenvalue weighted by Crippen LogP contribution is -2.39. The number of rotatable bonds is 4. The molecule has 0 bridgehead atoms. The maximum atomic E-state index is 12.9. The van der Waals surface area contributed by atoms with Crippen LogP contribution in [0.5, 0.6) is 0 Å². The average molecular weight is 369 g/mol. The van der Waals surface area contributed by atoms with E-state index in [0.717, 1.165) is 17.9 Å². The third-order valence-corrected chi connectivity index (χ3v) is 5.62. The zero-order chi connectivity index (χ0) is 18.1. The Balaban J connectivity index is 1.60. The molecule has 1 aliphatic rings. The summed E-state index contributed by atoms with van der Waals surface area (Å²) in [5, 5.41) is 8.26. The van der Waals surface area contributed by atoms with E-state index in [0.29, 0.717) is 23.4 Å². The van der Waals surface area contributed by atoms with E-state index in [9.17, 15) is 4.79 Å². The second-order valence-electron chi connectivity index (χ2n) is 7.03. The van der Waals surface area contributed by atoms with Gasteiger partial charge in [-0.3, -0.25) is 4.79 Å². The molecular formula is C20H21ClN4O. The molecule has 2 aromatic heterocycles. The number of carbonyl (C=O) groups excluding carboxylic acids is 1. The highest BCUT2D eigenvalue weighted by molar-refractivity contribution is 6.30. The van der Waals surface area contributed by atoms with E-state index >= 15 is 0 Å². The maximum Gasteiger partial charge on any atom is 0.257 e. The molecule has 1 N–H and O–H groups in total. The Bertz CT molecular complexity index is 959. The number of amides is 1. The van der Waals surface area contributed by atoms with Crippen LogP contribution in [0.15, 0.2) is 42.7 Å². The molecule has 3 aromatic rings. The normalized spacial score (nSPS) is 16.1. The van der Waals surface area contributed by atoms with Gasteiger partial charge in [0.05, 0.1) is 5.69 Å². The van der Waals surface area contributed by atoms with Crippen LogP contribution in [-0.2, 0) is 5.41 Å². The minimum atomic E-state index is -0.121. The number of hydrogen-bond acceptors (Lipinski definition) is 3. The predicted octanol–water partition coefficient (Wildman–Crippen LogP) is 3.93. The summed E-state index contributed by atoms with van der Waals surface area (Å²) in [6.45, 7) is 2.43. The van der Waals surface area contributed by atoms with Gasteiger partial charge in [-0.2, -0.15) is 5.10 Å². The summed E-state index contributed by atoms with van der Waals surface area (Å²) >= 11 is 6.21. The lowest BCUT2D eigenvalue weighted by atomic mass is 9.79. The van der Waals surface area contributed by atoms with E-state index < -0.39 is 0 Å². The van der Waals surface area contributed by atoms with Crippen molar-refractivity contribution in [2.75, 3.05) is 6.54 Å². The minimum absolute atomic E-state index is 0.0507. The van der Waals surface area contributed by atoms with Gasteiger partial charge in [-0.05, 0) is 43.5 Å². The van der Waals surface area contributed by atoms with Crippen molar-refractivity contribution in [3.05, 3.63) is 64.6 Å². The van der Waals surface area contributed by atoms with E-state index in [1.165, 1.54) is 18.4 Å². The van der Waals surface area contributed by atoms with E-state index in [-0.39, 0.29) is 11.3 Å². The van der Waals surface area contributed by atoms with Gasteiger partial charge >= 0.3 is 0 Å². The Morgan fingerprint density at radius 1 is 1.31 bits per heavy atom. The Labute approximate surface area is 157 Å². The molecule has 5 nitrogen and oxygen atoms in total. The van der Waals surface area contributed by atoms with Gasteiger partial charge in [0.15, 0.2) is 5.65 Å². The molecule has 1 aromatic carbocycles. The van der Waals surface area contributed by atoms with Crippen molar-refractivity contribution < 1.29 is 4.79 Å². The molecule has 26 heavy (non-hydrogen) atoms. The molecule has 1 amide bonds. The van der Waals surface area contributed by atoms with Gasteiger partial charge in [0, 0.05) is 29.4 Å². The van der Waals surface area contributed by atoms with E-state index in [4.69, 9.17) is 11.6 Å². The fourth-order valence-corrected chi connectivity index (χ4v) is 4.23. The molecular weight excluding hydrogens is 348 g/mol. The summed E-state index contributed by atoms with van der Waals surface area (Å²) in [6.07, 6.45) is 7.92. The first-order valence-corrected chi connectivity index (χ1v) is 9.31. The van der Waals surface area contributed by atoms with Gasteiger partial charge < -0.3 is 5.32 Å². The molecule has 1 fully saturated rings. The lowest BCUT2D eigenvalue weighted by Gasteiger charge is -2.30. The lowest BCUT2D eigenvalue weighted by molar-refractivity contribution is 0.0944. The third-order valence-electron chi connectivity index (χ3n) is 5.38. The first-order valence-electron chi connectivity index (χ1n) is 8.93. The number of halogens is 1. The molecule has 6 heteroatoms. The zero-order valence-electron chi connectivity index (χ0n) is 14.7. The van der Waals surface area contributed by atoms with Crippen LogP contribution in [-0.4, -0.2) is 27.0 Å². The first kappa shape index (κ1) is 17.0. The Hall–Kier alpha value is -2.40. The Morgan fingerprint density at radius 3 is 2.88 bits per heavy atom. The topological polar surface area (TPSA) is 59.3 Å². The minimum Gasteiger partial charge on any atom is -0.351 e. The van der Waals surface area contributed by atoms with Crippen molar-refractivity contribution in [1.82, 2.24) is 19.9 Å². The third kappa shape index (κ3) is 2.97. The number of aryl methyl sites for hydroxylation is 1. The molecule has 1 saturated carbocycles. The molecule has 1 aliphatic carbocycles. The largest absolute Gasteiger partial charge is 0.351 e. The summed E-state index contributed by atoms with van der Waals surface area (Å²) in [6, 6.07) is 9.82. The highest BCUT2D eigenvalue weighted by Crippen LogP contribution is 2.41. The summed E-state index contributed by atoms with van der Waals surface area (Å²) < 4.78 is 1.65. The summed E-state index contributed by atoms with van der Waals surface area (Å²) in [5.74, 6) is -0.121. The van der Waals surface area contributed by atoms with Crippen LogP contribution in [0.1, 0.15) is 47.3 Å². The van der Waals surface area contributed by atoms with Crippen LogP contribution in [0, 0.1) is 6.92 Å². The van der Waals surface area contributed by atoms with Crippen molar-refractivity contribution in [2.24, 2.45) is 0 Å². The second-order valence-corrected chi connectivity index (χ2v) is 7.47. The molecule has 134 valence electrons. The van der Waals surface area contributed by atoms with Crippen molar-refractivity contribution >= 4 is 23.2 Å². The fourth-order valence-electron chi connectivity index (χ4n) is 4.04. The van der Waals surface area contributed by atoms with Crippen LogP contribution < -0.4 is 5.32 Å². The number of nitrogens with zero attached hydrogens (tertiary/aromatic N) is 3.